The van der Waals surface area contributed by atoms with Gasteiger partial charge < -0.3 is 19.9 Å². The van der Waals surface area contributed by atoms with Crippen LogP contribution in [0.15, 0.2) is 35.7 Å². The fraction of sp³-hybridized carbons (Fsp3) is 0.545. The van der Waals surface area contributed by atoms with Crippen molar-refractivity contribution in [2.75, 3.05) is 33.0 Å². The monoisotopic (exact) mass is 400 g/mol. The third kappa shape index (κ3) is 3.32. The van der Waals surface area contributed by atoms with Gasteiger partial charge in [0.1, 0.15) is 0 Å². The maximum absolute atomic E-state index is 11.3. The van der Waals surface area contributed by atoms with Gasteiger partial charge in [-0.15, -0.1) is 11.3 Å². The zero-order valence-electron chi connectivity index (χ0n) is 16.2. The van der Waals surface area contributed by atoms with Crippen LogP contribution in [0.3, 0.4) is 0 Å². The van der Waals surface area contributed by atoms with Crippen molar-refractivity contribution in [2.24, 2.45) is 0 Å². The molecule has 0 atom stereocenters. The molecule has 2 aliphatic heterocycles. The first-order chi connectivity index (χ1) is 13.7. The van der Waals surface area contributed by atoms with Crippen LogP contribution < -0.4 is 14.8 Å². The van der Waals surface area contributed by atoms with Crippen molar-refractivity contribution in [3.63, 3.8) is 0 Å². The van der Waals surface area contributed by atoms with Gasteiger partial charge in [0, 0.05) is 43.0 Å². The summed E-state index contributed by atoms with van der Waals surface area (Å²) >= 11 is 1.74. The largest absolute Gasteiger partial charge is 0.454 e. The molecule has 1 saturated heterocycles. The van der Waals surface area contributed by atoms with Gasteiger partial charge in [-0.25, -0.2) is 0 Å². The Labute approximate surface area is 170 Å². The lowest BCUT2D eigenvalue weighted by Crippen LogP contribution is -2.57. The number of nitrogens with one attached hydrogen (secondary N) is 1. The maximum Gasteiger partial charge on any atom is 0.231 e. The Morgan fingerprint density at radius 3 is 2.57 bits per heavy atom. The SMILES string of the molecule is OC1(Cc2cccs2)CCC(c2ccc3c(c2)OCO3)(N2CCNCC2)CC1. The predicted octanol–water partition coefficient (Wildman–Crippen LogP) is 3.13. The van der Waals surface area contributed by atoms with E-state index in [1.54, 1.807) is 11.3 Å². The van der Waals surface area contributed by atoms with E-state index in [1.807, 2.05) is 6.07 Å². The molecule has 3 aliphatic rings. The van der Waals surface area contributed by atoms with Gasteiger partial charge in [0.25, 0.3) is 0 Å². The molecule has 0 amide bonds. The third-order valence-corrected chi connectivity index (χ3v) is 7.60. The Morgan fingerprint density at radius 1 is 1.04 bits per heavy atom. The van der Waals surface area contributed by atoms with Gasteiger partial charge in [0.2, 0.25) is 6.79 Å². The molecule has 1 aliphatic carbocycles. The van der Waals surface area contributed by atoms with Crippen LogP contribution in [0.2, 0.25) is 0 Å². The fourth-order valence-corrected chi connectivity index (χ4v) is 5.95. The second-order valence-corrected chi connectivity index (χ2v) is 9.35. The standard InChI is InChI=1S/C22H28N2O3S/c25-21(15-18-2-1-13-28-18)5-7-22(8-6-21,24-11-9-23-10-12-24)17-3-4-19-20(14-17)27-16-26-19/h1-4,13-14,23,25H,5-12,15-16H2. The molecule has 1 saturated carbocycles. The van der Waals surface area contributed by atoms with Gasteiger partial charge in [-0.1, -0.05) is 12.1 Å². The second kappa shape index (κ2) is 7.34. The minimum Gasteiger partial charge on any atom is -0.454 e. The molecule has 2 fully saturated rings. The molecular formula is C22H28N2O3S. The van der Waals surface area contributed by atoms with E-state index in [0.29, 0.717) is 6.79 Å². The predicted molar refractivity (Wildman–Crippen MR) is 110 cm³/mol. The molecule has 0 radical (unpaired) electrons. The summed E-state index contributed by atoms with van der Waals surface area (Å²) < 4.78 is 11.2. The van der Waals surface area contributed by atoms with Crippen molar-refractivity contribution in [3.05, 3.63) is 46.2 Å². The zero-order valence-corrected chi connectivity index (χ0v) is 17.0. The summed E-state index contributed by atoms with van der Waals surface area (Å²) in [6.07, 6.45) is 4.35. The molecule has 0 spiro atoms. The van der Waals surface area contributed by atoms with E-state index in [2.05, 4.69) is 39.9 Å². The van der Waals surface area contributed by atoms with Gasteiger partial charge in [-0.05, 0) is 54.8 Å². The van der Waals surface area contributed by atoms with Crippen LogP contribution in [0.5, 0.6) is 11.5 Å². The van der Waals surface area contributed by atoms with Crippen molar-refractivity contribution >= 4 is 11.3 Å². The number of nitrogens with zero attached hydrogens (tertiary/aromatic N) is 1. The zero-order chi connectivity index (χ0) is 19.0. The molecular weight excluding hydrogens is 372 g/mol. The molecule has 5 nitrogen and oxygen atoms in total. The van der Waals surface area contributed by atoms with Gasteiger partial charge in [0.15, 0.2) is 11.5 Å². The van der Waals surface area contributed by atoms with Crippen molar-refractivity contribution < 1.29 is 14.6 Å². The molecule has 2 N–H and O–H groups in total. The average molecular weight is 401 g/mol. The summed E-state index contributed by atoms with van der Waals surface area (Å²) in [4.78, 5) is 3.91. The number of ether oxygens (including phenoxy) is 2. The number of benzene rings is 1. The Morgan fingerprint density at radius 2 is 1.82 bits per heavy atom. The first-order valence-corrected chi connectivity index (χ1v) is 11.2. The van der Waals surface area contributed by atoms with Crippen LogP contribution in [0.4, 0.5) is 0 Å². The van der Waals surface area contributed by atoms with Crippen LogP contribution >= 0.6 is 11.3 Å². The highest BCUT2D eigenvalue weighted by Gasteiger charge is 2.46. The van der Waals surface area contributed by atoms with Crippen molar-refractivity contribution in [3.8, 4) is 11.5 Å². The Hall–Kier alpha value is -1.60. The van der Waals surface area contributed by atoms with Gasteiger partial charge in [0.05, 0.1) is 5.60 Å². The second-order valence-electron chi connectivity index (χ2n) is 8.32. The third-order valence-electron chi connectivity index (χ3n) is 6.72. The molecule has 5 rings (SSSR count). The van der Waals surface area contributed by atoms with Gasteiger partial charge >= 0.3 is 0 Å². The van der Waals surface area contributed by atoms with Crippen LogP contribution in [-0.2, 0) is 12.0 Å². The smallest absolute Gasteiger partial charge is 0.231 e. The number of rotatable bonds is 4. The molecule has 1 aromatic carbocycles. The van der Waals surface area contributed by atoms with Crippen LogP contribution in [0.1, 0.15) is 36.1 Å². The average Bonchev–Trinajstić information content (AvgIpc) is 3.40. The quantitative estimate of drug-likeness (QED) is 0.826. The summed E-state index contributed by atoms with van der Waals surface area (Å²) in [7, 11) is 0. The lowest BCUT2D eigenvalue weighted by Gasteiger charge is -2.52. The minimum atomic E-state index is -0.598. The van der Waals surface area contributed by atoms with E-state index < -0.39 is 5.60 Å². The van der Waals surface area contributed by atoms with E-state index in [-0.39, 0.29) is 5.54 Å². The van der Waals surface area contributed by atoms with Crippen molar-refractivity contribution in [1.82, 2.24) is 10.2 Å². The summed E-state index contributed by atoms with van der Waals surface area (Å²) in [5.74, 6) is 1.69. The number of piperazine rings is 1. The number of hydrogen-bond donors (Lipinski definition) is 2. The van der Waals surface area contributed by atoms with Gasteiger partial charge in [-0.2, -0.15) is 0 Å². The topological polar surface area (TPSA) is 54.0 Å². The summed E-state index contributed by atoms with van der Waals surface area (Å²) in [5.41, 5.74) is 0.667. The Kier molecular flexibility index (Phi) is 4.83. The van der Waals surface area contributed by atoms with E-state index in [4.69, 9.17) is 9.47 Å². The van der Waals surface area contributed by atoms with E-state index in [9.17, 15) is 5.11 Å². The molecule has 0 unspecified atom stereocenters. The highest BCUT2D eigenvalue weighted by atomic mass is 32.1. The first kappa shape index (κ1) is 18.4. The molecule has 2 aromatic rings. The van der Waals surface area contributed by atoms with E-state index in [0.717, 1.165) is 69.8 Å². The number of aliphatic hydroxyl groups is 1. The molecule has 1 aromatic heterocycles. The highest BCUT2D eigenvalue weighted by Crippen LogP contribution is 2.48. The summed E-state index contributed by atoms with van der Waals surface area (Å²) in [6, 6.07) is 10.6. The van der Waals surface area contributed by atoms with Gasteiger partial charge in [-0.3, -0.25) is 4.90 Å². The highest BCUT2D eigenvalue weighted by molar-refractivity contribution is 7.09. The lowest BCUT2D eigenvalue weighted by molar-refractivity contribution is -0.0607. The number of fused-ring (bicyclic) bond motifs is 1. The lowest BCUT2D eigenvalue weighted by atomic mass is 9.68. The van der Waals surface area contributed by atoms with E-state index in [1.165, 1.54) is 10.4 Å². The number of hydrogen-bond acceptors (Lipinski definition) is 6. The van der Waals surface area contributed by atoms with E-state index >= 15 is 0 Å². The molecule has 0 bridgehead atoms. The molecule has 3 heterocycles. The number of thiophene rings is 1. The van der Waals surface area contributed by atoms with Crippen LogP contribution in [0, 0.1) is 0 Å². The van der Waals surface area contributed by atoms with Crippen molar-refractivity contribution in [1.29, 1.82) is 0 Å². The van der Waals surface area contributed by atoms with Crippen LogP contribution in [-0.4, -0.2) is 48.6 Å². The Bertz CT molecular complexity index is 809. The molecule has 6 heteroatoms. The van der Waals surface area contributed by atoms with Crippen LogP contribution in [0.25, 0.3) is 0 Å². The Balaban J connectivity index is 1.43. The normalized spacial score (nSPS) is 30.5. The fourth-order valence-electron chi connectivity index (χ4n) is 5.11. The molecule has 28 heavy (non-hydrogen) atoms. The summed E-state index contributed by atoms with van der Waals surface area (Å²) in [6.45, 7) is 4.42. The first-order valence-electron chi connectivity index (χ1n) is 10.3. The molecule has 150 valence electrons. The summed E-state index contributed by atoms with van der Waals surface area (Å²) in [5, 5.41) is 16.9. The maximum atomic E-state index is 11.3. The van der Waals surface area contributed by atoms with Crippen molar-refractivity contribution in [2.45, 2.75) is 43.2 Å². The minimum absolute atomic E-state index is 0.0369.